The molecule has 2 aromatic rings. The summed E-state index contributed by atoms with van der Waals surface area (Å²) in [5, 5.41) is 11.8. The quantitative estimate of drug-likeness (QED) is 0.531. The fourth-order valence-electron chi connectivity index (χ4n) is 2.52. The van der Waals surface area contributed by atoms with E-state index in [4.69, 9.17) is 28.5 Å². The Hall–Kier alpha value is -2.86. The number of hydrogen-bond donors (Lipinski definition) is 1. The van der Waals surface area contributed by atoms with Gasteiger partial charge in [-0.1, -0.05) is 53.2 Å². The molecule has 0 unspecified atom stereocenters. The van der Waals surface area contributed by atoms with Crippen LogP contribution in [-0.2, 0) is 9.59 Å². The fraction of sp³-hybridized carbons (Fsp3) is 0.100. The second kappa shape index (κ2) is 9.76. The number of aliphatic imine (C=N–C) groups is 1. The highest BCUT2D eigenvalue weighted by Crippen LogP contribution is 2.31. The molecule has 6 nitrogen and oxygen atoms in total. The molecule has 0 saturated carbocycles. The van der Waals surface area contributed by atoms with Crippen molar-refractivity contribution in [1.29, 1.82) is 5.26 Å². The molecule has 1 heterocycles. The molecule has 0 fully saturated rings. The van der Waals surface area contributed by atoms with Crippen LogP contribution in [0.3, 0.4) is 0 Å². The van der Waals surface area contributed by atoms with Gasteiger partial charge in [0.25, 0.3) is 5.91 Å². The van der Waals surface area contributed by atoms with Crippen LogP contribution in [0.25, 0.3) is 6.08 Å². The highest BCUT2D eigenvalue weighted by atomic mass is 35.5. The van der Waals surface area contributed by atoms with Gasteiger partial charge >= 0.3 is 0 Å². The van der Waals surface area contributed by atoms with Gasteiger partial charge in [-0.25, -0.2) is 9.38 Å². The van der Waals surface area contributed by atoms with E-state index >= 15 is 0 Å². The Morgan fingerprint density at radius 2 is 2.03 bits per heavy atom. The number of amidine groups is 1. The second-order valence-corrected chi connectivity index (χ2v) is 7.67. The van der Waals surface area contributed by atoms with Crippen LogP contribution in [0, 0.1) is 17.1 Å². The van der Waals surface area contributed by atoms with Gasteiger partial charge in [-0.15, -0.1) is 0 Å². The minimum absolute atomic E-state index is 0.0173. The predicted molar refractivity (Wildman–Crippen MR) is 117 cm³/mol. The van der Waals surface area contributed by atoms with Crippen LogP contribution in [-0.4, -0.2) is 29.3 Å². The SMILES string of the molecule is N#CCNC(=O)CSC1=N/C(=C/c2ccc(Cl)c(Cl)c2)C(=O)N1c1ccccc1F. The molecule has 2 amide bonds. The van der Waals surface area contributed by atoms with E-state index in [1.54, 1.807) is 30.3 Å². The average molecular weight is 463 g/mol. The minimum Gasteiger partial charge on any atom is -0.342 e. The van der Waals surface area contributed by atoms with Crippen molar-refractivity contribution in [3.05, 3.63) is 69.6 Å². The lowest BCUT2D eigenvalue weighted by Gasteiger charge is -2.18. The van der Waals surface area contributed by atoms with Gasteiger partial charge in [0.05, 0.1) is 27.6 Å². The van der Waals surface area contributed by atoms with E-state index in [1.807, 2.05) is 0 Å². The number of rotatable bonds is 5. The molecule has 30 heavy (non-hydrogen) atoms. The third-order valence-electron chi connectivity index (χ3n) is 3.87. The first-order valence-electron chi connectivity index (χ1n) is 8.51. The predicted octanol–water partition coefficient (Wildman–Crippen LogP) is 4.25. The van der Waals surface area contributed by atoms with E-state index in [1.165, 1.54) is 24.3 Å². The number of nitriles is 1. The Kier molecular flexibility index (Phi) is 7.11. The number of benzene rings is 2. The van der Waals surface area contributed by atoms with Crippen LogP contribution in [0.2, 0.25) is 10.0 Å². The van der Waals surface area contributed by atoms with Gasteiger partial charge in [-0.2, -0.15) is 5.26 Å². The number of nitrogens with zero attached hydrogens (tertiary/aromatic N) is 3. The number of nitrogens with one attached hydrogen (secondary N) is 1. The number of thioether (sulfide) groups is 1. The van der Waals surface area contributed by atoms with Crippen molar-refractivity contribution in [2.24, 2.45) is 4.99 Å². The molecule has 1 N–H and O–H groups in total. The number of amides is 2. The molecular weight excluding hydrogens is 450 g/mol. The molecule has 0 aromatic heterocycles. The molecule has 1 aliphatic heterocycles. The summed E-state index contributed by atoms with van der Waals surface area (Å²) in [6.45, 7) is -0.135. The first-order chi connectivity index (χ1) is 14.4. The van der Waals surface area contributed by atoms with Crippen LogP contribution in [0.5, 0.6) is 0 Å². The van der Waals surface area contributed by atoms with Gasteiger partial charge in [0.2, 0.25) is 5.91 Å². The standard InChI is InChI=1S/C20H13Cl2FN4O2S/c21-13-6-5-12(9-14(13)22)10-16-19(29)27(17-4-2-1-3-15(17)23)20(26-16)30-11-18(28)25-8-7-24/h1-6,9-10H,8,11H2,(H,25,28)/b16-10+. The third kappa shape index (κ3) is 5.00. The summed E-state index contributed by atoms with van der Waals surface area (Å²) in [6, 6.07) is 12.4. The maximum atomic E-state index is 14.4. The summed E-state index contributed by atoms with van der Waals surface area (Å²) < 4.78 is 14.4. The Morgan fingerprint density at radius 1 is 1.27 bits per heavy atom. The van der Waals surface area contributed by atoms with Crippen LogP contribution >= 0.6 is 35.0 Å². The zero-order valence-electron chi connectivity index (χ0n) is 15.2. The smallest absolute Gasteiger partial charge is 0.283 e. The summed E-state index contributed by atoms with van der Waals surface area (Å²) in [5.74, 6) is -1.67. The van der Waals surface area contributed by atoms with Crippen LogP contribution in [0.15, 0.2) is 53.2 Å². The highest BCUT2D eigenvalue weighted by Gasteiger charge is 2.33. The monoisotopic (exact) mass is 462 g/mol. The van der Waals surface area contributed by atoms with E-state index in [-0.39, 0.29) is 28.8 Å². The number of halogens is 3. The van der Waals surface area contributed by atoms with Gasteiger partial charge < -0.3 is 5.32 Å². The van der Waals surface area contributed by atoms with Gasteiger partial charge in [0.1, 0.15) is 18.1 Å². The maximum Gasteiger partial charge on any atom is 0.283 e. The summed E-state index contributed by atoms with van der Waals surface area (Å²) in [5.41, 5.74) is 0.656. The summed E-state index contributed by atoms with van der Waals surface area (Å²) in [7, 11) is 0. The molecule has 10 heteroatoms. The van der Waals surface area contributed by atoms with Gasteiger partial charge in [-0.3, -0.25) is 14.5 Å². The second-order valence-electron chi connectivity index (χ2n) is 5.91. The van der Waals surface area contributed by atoms with E-state index in [9.17, 15) is 14.0 Å². The molecule has 2 aromatic carbocycles. The Bertz CT molecular complexity index is 1110. The third-order valence-corrected chi connectivity index (χ3v) is 5.54. The lowest BCUT2D eigenvalue weighted by atomic mass is 10.2. The minimum atomic E-state index is -0.608. The first kappa shape index (κ1) is 21.8. The van der Waals surface area contributed by atoms with Crippen molar-refractivity contribution >= 4 is 63.7 Å². The lowest BCUT2D eigenvalue weighted by molar-refractivity contribution is -0.118. The van der Waals surface area contributed by atoms with Crippen molar-refractivity contribution < 1.29 is 14.0 Å². The van der Waals surface area contributed by atoms with E-state index in [0.29, 0.717) is 15.6 Å². The van der Waals surface area contributed by atoms with Gasteiger partial charge in [0.15, 0.2) is 5.17 Å². The average Bonchev–Trinajstić information content (AvgIpc) is 3.03. The molecule has 3 rings (SSSR count). The van der Waals surface area contributed by atoms with Gasteiger partial charge in [-0.05, 0) is 35.9 Å². The summed E-state index contributed by atoms with van der Waals surface area (Å²) in [4.78, 5) is 30.2. The van der Waals surface area contributed by atoms with E-state index in [2.05, 4.69) is 10.3 Å². The number of hydrogen-bond acceptors (Lipinski definition) is 5. The summed E-state index contributed by atoms with van der Waals surface area (Å²) in [6.07, 6.45) is 1.50. The maximum absolute atomic E-state index is 14.4. The highest BCUT2D eigenvalue weighted by molar-refractivity contribution is 8.14. The number of anilines is 1. The number of carbonyl (C=O) groups excluding carboxylic acids is 2. The number of para-hydroxylation sites is 1. The van der Waals surface area contributed by atoms with Crippen molar-refractivity contribution in [1.82, 2.24) is 5.32 Å². The molecular formula is C20H13Cl2FN4O2S. The van der Waals surface area contributed by atoms with Crippen LogP contribution < -0.4 is 10.2 Å². The molecule has 0 atom stereocenters. The molecule has 1 aliphatic rings. The van der Waals surface area contributed by atoms with E-state index in [0.717, 1.165) is 16.7 Å². The number of carbonyl (C=O) groups is 2. The Balaban J connectivity index is 1.94. The Labute approximate surface area is 186 Å². The molecule has 0 radical (unpaired) electrons. The lowest BCUT2D eigenvalue weighted by Crippen LogP contribution is -2.33. The zero-order valence-corrected chi connectivity index (χ0v) is 17.6. The Morgan fingerprint density at radius 3 is 2.73 bits per heavy atom. The topological polar surface area (TPSA) is 85.6 Å². The molecule has 0 aliphatic carbocycles. The largest absolute Gasteiger partial charge is 0.342 e. The molecule has 152 valence electrons. The van der Waals surface area contributed by atoms with Crippen LogP contribution in [0.1, 0.15) is 5.56 Å². The van der Waals surface area contributed by atoms with Crippen molar-refractivity contribution in [3.63, 3.8) is 0 Å². The normalized spacial score (nSPS) is 14.6. The molecule has 0 saturated heterocycles. The van der Waals surface area contributed by atoms with Crippen molar-refractivity contribution in [2.45, 2.75) is 0 Å². The first-order valence-corrected chi connectivity index (χ1v) is 10.3. The van der Waals surface area contributed by atoms with Crippen LogP contribution in [0.4, 0.5) is 10.1 Å². The molecule has 0 spiro atoms. The fourth-order valence-corrected chi connectivity index (χ4v) is 3.66. The van der Waals surface area contributed by atoms with E-state index < -0.39 is 17.6 Å². The molecule has 0 bridgehead atoms. The van der Waals surface area contributed by atoms with Crippen molar-refractivity contribution in [3.8, 4) is 6.07 Å². The van der Waals surface area contributed by atoms with Crippen molar-refractivity contribution in [2.75, 3.05) is 17.2 Å². The van der Waals surface area contributed by atoms with Gasteiger partial charge in [0, 0.05) is 0 Å². The summed E-state index contributed by atoms with van der Waals surface area (Å²) >= 11 is 12.9. The zero-order chi connectivity index (χ0) is 21.7.